The van der Waals surface area contributed by atoms with E-state index in [2.05, 4.69) is 19.1 Å². The van der Waals surface area contributed by atoms with E-state index in [4.69, 9.17) is 10.5 Å². The van der Waals surface area contributed by atoms with Crippen LogP contribution in [0.15, 0.2) is 12.1 Å². The number of nitrogens with two attached hydrogens (primary N) is 1. The van der Waals surface area contributed by atoms with E-state index in [-0.39, 0.29) is 0 Å². The monoisotopic (exact) mass is 239 g/mol. The van der Waals surface area contributed by atoms with Gasteiger partial charge in [0.15, 0.2) is 0 Å². The molecule has 1 fully saturated rings. The highest BCUT2D eigenvalue weighted by Crippen LogP contribution is 2.27. The molecule has 2 nitrogen and oxygen atoms in total. The smallest absolute Gasteiger partial charge is 0.0813 e. The van der Waals surface area contributed by atoms with Gasteiger partial charge in [-0.05, 0) is 30.9 Å². The van der Waals surface area contributed by atoms with E-state index in [1.54, 1.807) is 11.3 Å². The summed E-state index contributed by atoms with van der Waals surface area (Å²) in [5.41, 5.74) is 5.59. The third-order valence-electron chi connectivity index (χ3n) is 3.39. The molecular weight excluding hydrogens is 218 g/mol. The number of hydrogen-bond donors (Lipinski definition) is 1. The molecule has 1 aliphatic carbocycles. The van der Waals surface area contributed by atoms with Gasteiger partial charge in [-0.1, -0.05) is 19.8 Å². The van der Waals surface area contributed by atoms with Gasteiger partial charge in [-0.3, -0.25) is 0 Å². The lowest BCUT2D eigenvalue weighted by Crippen LogP contribution is -2.25. The first-order valence-corrected chi connectivity index (χ1v) is 7.00. The molecule has 90 valence electrons. The summed E-state index contributed by atoms with van der Waals surface area (Å²) in [5.74, 6) is 0.725. The zero-order chi connectivity index (χ0) is 11.4. The van der Waals surface area contributed by atoms with Crippen LogP contribution in [0.3, 0.4) is 0 Å². The Hall–Kier alpha value is -0.380. The molecule has 1 saturated carbocycles. The van der Waals surface area contributed by atoms with Gasteiger partial charge < -0.3 is 10.5 Å². The van der Waals surface area contributed by atoms with Crippen LogP contribution in [0.2, 0.25) is 0 Å². The van der Waals surface area contributed by atoms with E-state index in [9.17, 15) is 0 Å². The lowest BCUT2D eigenvalue weighted by Gasteiger charge is -2.28. The lowest BCUT2D eigenvalue weighted by molar-refractivity contribution is -0.0143. The van der Waals surface area contributed by atoms with Crippen LogP contribution < -0.4 is 5.73 Å². The summed E-state index contributed by atoms with van der Waals surface area (Å²) in [7, 11) is 0. The molecule has 0 spiro atoms. The van der Waals surface area contributed by atoms with Crippen molar-refractivity contribution in [2.24, 2.45) is 11.7 Å². The quantitative estimate of drug-likeness (QED) is 0.875. The molecule has 2 unspecified atom stereocenters. The zero-order valence-electron chi connectivity index (χ0n) is 9.95. The van der Waals surface area contributed by atoms with Gasteiger partial charge in [0.05, 0.1) is 12.7 Å². The van der Waals surface area contributed by atoms with Crippen LogP contribution in [0.1, 0.15) is 42.4 Å². The molecule has 2 rings (SSSR count). The molecule has 2 atom stereocenters. The summed E-state index contributed by atoms with van der Waals surface area (Å²) >= 11 is 1.77. The normalized spacial score (nSPS) is 25.9. The minimum Gasteiger partial charge on any atom is -0.372 e. The van der Waals surface area contributed by atoms with Crippen molar-refractivity contribution in [2.75, 3.05) is 0 Å². The Kier molecular flexibility index (Phi) is 4.38. The van der Waals surface area contributed by atoms with E-state index in [0.29, 0.717) is 12.6 Å². The molecule has 1 heterocycles. The molecule has 0 saturated heterocycles. The van der Waals surface area contributed by atoms with Crippen molar-refractivity contribution in [3.8, 4) is 0 Å². The third-order valence-corrected chi connectivity index (χ3v) is 4.47. The van der Waals surface area contributed by atoms with Crippen molar-refractivity contribution in [3.63, 3.8) is 0 Å². The SMILES string of the molecule is CC1CCCCC1OCc1ccc(CN)s1. The third kappa shape index (κ3) is 3.06. The van der Waals surface area contributed by atoms with Crippen molar-refractivity contribution in [1.29, 1.82) is 0 Å². The molecule has 0 radical (unpaired) electrons. The second-order valence-corrected chi connectivity index (χ2v) is 5.94. The predicted molar refractivity (Wildman–Crippen MR) is 68.4 cm³/mol. The molecule has 1 aromatic rings. The van der Waals surface area contributed by atoms with Gasteiger partial charge in [0.25, 0.3) is 0 Å². The Morgan fingerprint density at radius 3 is 2.75 bits per heavy atom. The zero-order valence-corrected chi connectivity index (χ0v) is 10.8. The maximum Gasteiger partial charge on any atom is 0.0813 e. The predicted octanol–water partition coefficient (Wildman–Crippen LogP) is 3.30. The van der Waals surface area contributed by atoms with E-state index in [0.717, 1.165) is 12.5 Å². The Bertz CT molecular complexity index is 323. The standard InChI is InChI=1S/C13H21NOS/c1-10-4-2-3-5-13(10)15-9-12-7-6-11(8-14)16-12/h6-7,10,13H,2-5,8-9,14H2,1H3. The fraction of sp³-hybridized carbons (Fsp3) is 0.692. The van der Waals surface area contributed by atoms with Crippen LogP contribution in [0, 0.1) is 5.92 Å². The fourth-order valence-corrected chi connectivity index (χ4v) is 3.15. The number of hydrogen-bond acceptors (Lipinski definition) is 3. The van der Waals surface area contributed by atoms with Gasteiger partial charge in [-0.15, -0.1) is 11.3 Å². The van der Waals surface area contributed by atoms with Crippen LogP contribution >= 0.6 is 11.3 Å². The summed E-state index contributed by atoms with van der Waals surface area (Å²) in [6.07, 6.45) is 5.72. The van der Waals surface area contributed by atoms with Gasteiger partial charge >= 0.3 is 0 Å². The highest BCUT2D eigenvalue weighted by Gasteiger charge is 2.21. The minimum atomic E-state index is 0.470. The van der Waals surface area contributed by atoms with Crippen molar-refractivity contribution in [3.05, 3.63) is 21.9 Å². The Morgan fingerprint density at radius 1 is 1.31 bits per heavy atom. The van der Waals surface area contributed by atoms with Gasteiger partial charge in [0.2, 0.25) is 0 Å². The number of ether oxygens (including phenoxy) is 1. The lowest BCUT2D eigenvalue weighted by atomic mass is 9.88. The topological polar surface area (TPSA) is 35.2 Å². The van der Waals surface area contributed by atoms with Crippen molar-refractivity contribution in [1.82, 2.24) is 0 Å². The fourth-order valence-electron chi connectivity index (χ4n) is 2.33. The summed E-state index contributed by atoms with van der Waals surface area (Å²) in [6, 6.07) is 4.24. The van der Waals surface area contributed by atoms with Crippen LogP contribution in [-0.2, 0) is 17.9 Å². The number of thiophene rings is 1. The molecule has 16 heavy (non-hydrogen) atoms. The van der Waals surface area contributed by atoms with Crippen molar-refractivity contribution >= 4 is 11.3 Å². The van der Waals surface area contributed by atoms with E-state index in [1.165, 1.54) is 35.4 Å². The Balaban J connectivity index is 1.81. The summed E-state index contributed by atoms with van der Waals surface area (Å²) in [5, 5.41) is 0. The average molecular weight is 239 g/mol. The maximum absolute atomic E-state index is 6.01. The molecular formula is C13H21NOS. The highest BCUT2D eigenvalue weighted by molar-refractivity contribution is 7.11. The average Bonchev–Trinajstić information content (AvgIpc) is 2.76. The van der Waals surface area contributed by atoms with E-state index < -0.39 is 0 Å². The van der Waals surface area contributed by atoms with Crippen LogP contribution in [0.5, 0.6) is 0 Å². The summed E-state index contributed by atoms with van der Waals surface area (Å²) in [4.78, 5) is 2.55. The first-order chi connectivity index (χ1) is 7.79. The summed E-state index contributed by atoms with van der Waals surface area (Å²) < 4.78 is 6.01. The minimum absolute atomic E-state index is 0.470. The van der Waals surface area contributed by atoms with Crippen LogP contribution in [-0.4, -0.2) is 6.10 Å². The second kappa shape index (κ2) is 5.80. The highest BCUT2D eigenvalue weighted by atomic mass is 32.1. The maximum atomic E-state index is 6.01. The van der Waals surface area contributed by atoms with E-state index in [1.807, 2.05) is 0 Å². The Labute approximate surface area is 102 Å². The molecule has 0 bridgehead atoms. The molecule has 1 aromatic heterocycles. The van der Waals surface area contributed by atoms with Crippen molar-refractivity contribution in [2.45, 2.75) is 51.9 Å². The van der Waals surface area contributed by atoms with Gasteiger partial charge in [-0.2, -0.15) is 0 Å². The second-order valence-electron chi connectivity index (χ2n) is 4.68. The van der Waals surface area contributed by atoms with Crippen LogP contribution in [0.4, 0.5) is 0 Å². The van der Waals surface area contributed by atoms with Crippen molar-refractivity contribution < 1.29 is 4.74 Å². The molecule has 1 aliphatic rings. The first kappa shape index (κ1) is 12.1. The van der Waals surface area contributed by atoms with E-state index >= 15 is 0 Å². The van der Waals surface area contributed by atoms with Gasteiger partial charge in [-0.25, -0.2) is 0 Å². The first-order valence-electron chi connectivity index (χ1n) is 6.19. The number of rotatable bonds is 4. The summed E-state index contributed by atoms with van der Waals surface area (Å²) in [6.45, 7) is 3.72. The molecule has 3 heteroatoms. The molecule has 0 aromatic carbocycles. The van der Waals surface area contributed by atoms with Gasteiger partial charge in [0.1, 0.15) is 0 Å². The molecule has 2 N–H and O–H groups in total. The largest absolute Gasteiger partial charge is 0.372 e. The molecule has 0 aliphatic heterocycles. The van der Waals surface area contributed by atoms with Crippen LogP contribution in [0.25, 0.3) is 0 Å². The molecule has 0 amide bonds. The van der Waals surface area contributed by atoms with Gasteiger partial charge in [0, 0.05) is 16.3 Å². The Morgan fingerprint density at radius 2 is 2.06 bits per heavy atom.